The minimum atomic E-state index is -1.29. The maximum absolute atomic E-state index is 11.0. The number of hydrogen-bond donors (Lipinski definition) is 1. The van der Waals surface area contributed by atoms with Crippen molar-refractivity contribution in [2.75, 3.05) is 0 Å². The molecule has 2 rings (SSSR count). The first-order valence-corrected chi connectivity index (χ1v) is 7.46. The van der Waals surface area contributed by atoms with Crippen molar-refractivity contribution in [1.29, 1.82) is 0 Å². The fourth-order valence-corrected chi connectivity index (χ4v) is 2.56. The zero-order valence-corrected chi connectivity index (χ0v) is 13.5. The second kappa shape index (κ2) is 6.22. The number of aryl methyl sites for hydroxylation is 1. The third-order valence-electron chi connectivity index (χ3n) is 3.67. The van der Waals surface area contributed by atoms with E-state index in [-0.39, 0.29) is 5.41 Å². The number of rotatable bonds is 3. The molecule has 0 saturated carbocycles. The quantitative estimate of drug-likeness (QED) is 0.620. The molecule has 0 bridgehead atoms. The molecule has 0 fully saturated rings. The molecule has 2 aromatic rings. The summed E-state index contributed by atoms with van der Waals surface area (Å²) >= 11 is 0. The molecule has 0 radical (unpaired) electrons. The Morgan fingerprint density at radius 1 is 1.09 bits per heavy atom. The number of benzene rings is 2. The van der Waals surface area contributed by atoms with Crippen LogP contribution in [0.5, 0.6) is 5.75 Å². The van der Waals surface area contributed by atoms with Crippen LogP contribution in [-0.2, 0) is 11.8 Å². The van der Waals surface area contributed by atoms with Crippen LogP contribution in [0.1, 0.15) is 38.8 Å². The van der Waals surface area contributed by atoms with Crippen LogP contribution in [0.25, 0.3) is 11.1 Å². The molecule has 0 heterocycles. The smallest absolute Gasteiger partial charge is 0.449 e. The van der Waals surface area contributed by atoms with Gasteiger partial charge in [0.25, 0.3) is 0 Å². The highest BCUT2D eigenvalue weighted by Crippen LogP contribution is 2.38. The molecular weight excluding hydrogens is 276 g/mol. The van der Waals surface area contributed by atoms with Gasteiger partial charge in [0.1, 0.15) is 5.75 Å². The van der Waals surface area contributed by atoms with Gasteiger partial charge in [0.2, 0.25) is 0 Å². The summed E-state index contributed by atoms with van der Waals surface area (Å²) in [6, 6.07) is 13.7. The highest BCUT2D eigenvalue weighted by molar-refractivity contribution is 5.77. The van der Waals surface area contributed by atoms with E-state index in [2.05, 4.69) is 33.8 Å². The second-order valence-corrected chi connectivity index (χ2v) is 6.35. The molecule has 0 unspecified atom stereocenters. The van der Waals surface area contributed by atoms with Crippen LogP contribution in [0.2, 0.25) is 0 Å². The van der Waals surface area contributed by atoms with Crippen LogP contribution in [0.15, 0.2) is 42.5 Å². The van der Waals surface area contributed by atoms with Gasteiger partial charge in [0, 0.05) is 5.56 Å². The summed E-state index contributed by atoms with van der Waals surface area (Å²) in [6.45, 7) is 8.51. The van der Waals surface area contributed by atoms with Crippen molar-refractivity contribution in [3.8, 4) is 16.9 Å². The summed E-state index contributed by atoms with van der Waals surface area (Å²) in [4.78, 5) is 11.0. The van der Waals surface area contributed by atoms with Gasteiger partial charge in [-0.05, 0) is 40.7 Å². The van der Waals surface area contributed by atoms with E-state index in [0.29, 0.717) is 5.75 Å². The van der Waals surface area contributed by atoms with Gasteiger partial charge in [-0.15, -0.1) is 0 Å². The lowest BCUT2D eigenvalue weighted by atomic mass is 9.81. The Labute approximate surface area is 131 Å². The van der Waals surface area contributed by atoms with Crippen molar-refractivity contribution in [3.63, 3.8) is 0 Å². The van der Waals surface area contributed by atoms with Crippen LogP contribution < -0.4 is 4.74 Å². The number of carbonyl (C=O) groups is 1. The second-order valence-electron chi connectivity index (χ2n) is 6.35. The Hall–Kier alpha value is -2.29. The predicted molar refractivity (Wildman–Crippen MR) is 88.6 cm³/mol. The molecule has 0 saturated heterocycles. The first-order valence-electron chi connectivity index (χ1n) is 7.46. The molecule has 0 atom stereocenters. The first-order chi connectivity index (χ1) is 10.3. The molecule has 2 aromatic carbocycles. The van der Waals surface area contributed by atoms with Gasteiger partial charge in [-0.2, -0.15) is 0 Å². The van der Waals surface area contributed by atoms with Crippen LogP contribution in [0.3, 0.4) is 0 Å². The highest BCUT2D eigenvalue weighted by Gasteiger charge is 2.21. The van der Waals surface area contributed by atoms with E-state index < -0.39 is 6.16 Å². The average molecular weight is 298 g/mol. The Morgan fingerprint density at radius 2 is 1.77 bits per heavy atom. The molecule has 22 heavy (non-hydrogen) atoms. The van der Waals surface area contributed by atoms with E-state index in [1.54, 1.807) is 6.07 Å². The van der Waals surface area contributed by atoms with Crippen LogP contribution >= 0.6 is 0 Å². The topological polar surface area (TPSA) is 46.5 Å². The van der Waals surface area contributed by atoms with Gasteiger partial charge in [-0.3, -0.25) is 0 Å². The van der Waals surface area contributed by atoms with Crippen molar-refractivity contribution < 1.29 is 14.6 Å². The first kappa shape index (κ1) is 16.1. The maximum Gasteiger partial charge on any atom is 0.511 e. The van der Waals surface area contributed by atoms with Crippen molar-refractivity contribution in [1.82, 2.24) is 0 Å². The molecule has 0 aliphatic carbocycles. The van der Waals surface area contributed by atoms with Gasteiger partial charge in [0.05, 0.1) is 0 Å². The van der Waals surface area contributed by atoms with Crippen molar-refractivity contribution >= 4 is 6.16 Å². The summed E-state index contributed by atoms with van der Waals surface area (Å²) in [7, 11) is 0. The third-order valence-corrected chi connectivity index (χ3v) is 3.67. The van der Waals surface area contributed by atoms with Crippen LogP contribution in [-0.4, -0.2) is 11.3 Å². The van der Waals surface area contributed by atoms with Crippen LogP contribution in [0.4, 0.5) is 4.79 Å². The Bertz CT molecular complexity index is 681. The summed E-state index contributed by atoms with van der Waals surface area (Å²) < 4.78 is 4.98. The Kier molecular flexibility index (Phi) is 4.55. The molecule has 0 aliphatic rings. The zero-order chi connectivity index (χ0) is 16.3. The van der Waals surface area contributed by atoms with E-state index >= 15 is 0 Å². The minimum absolute atomic E-state index is 0.0424. The lowest BCUT2D eigenvalue weighted by Crippen LogP contribution is -2.13. The largest absolute Gasteiger partial charge is 0.511 e. The summed E-state index contributed by atoms with van der Waals surface area (Å²) in [5, 5.41) is 8.97. The molecule has 3 nitrogen and oxygen atoms in total. The summed E-state index contributed by atoms with van der Waals surface area (Å²) in [6.07, 6.45) is -0.406. The van der Waals surface area contributed by atoms with Crippen LogP contribution in [0, 0.1) is 0 Å². The van der Waals surface area contributed by atoms with E-state index in [9.17, 15) is 4.79 Å². The number of ether oxygens (including phenoxy) is 1. The zero-order valence-electron chi connectivity index (χ0n) is 13.5. The fourth-order valence-electron chi connectivity index (χ4n) is 2.56. The van der Waals surface area contributed by atoms with E-state index in [4.69, 9.17) is 9.84 Å². The fraction of sp³-hybridized carbons (Fsp3) is 0.316. The molecule has 1 N–H and O–H groups in total. The molecule has 0 amide bonds. The Balaban J connectivity index is 2.67. The van der Waals surface area contributed by atoms with Gasteiger partial charge in [-0.1, -0.05) is 58.0 Å². The Morgan fingerprint density at radius 3 is 2.36 bits per heavy atom. The van der Waals surface area contributed by atoms with E-state index in [1.807, 2.05) is 30.3 Å². The lowest BCUT2D eigenvalue weighted by Gasteiger charge is -2.24. The molecule has 0 aliphatic heterocycles. The van der Waals surface area contributed by atoms with Gasteiger partial charge >= 0.3 is 6.16 Å². The predicted octanol–water partition coefficient (Wildman–Crippen LogP) is 5.27. The van der Waals surface area contributed by atoms with Gasteiger partial charge < -0.3 is 9.84 Å². The minimum Gasteiger partial charge on any atom is -0.449 e. The SMILES string of the molecule is CCc1ccc(OC(=O)O)c(-c2ccccc2C(C)(C)C)c1. The normalized spacial score (nSPS) is 11.3. The monoisotopic (exact) mass is 298 g/mol. The standard InChI is InChI=1S/C19H22O3/c1-5-13-10-11-17(22-18(20)21)15(12-13)14-8-6-7-9-16(14)19(2,3)4/h6-12H,5H2,1-4H3,(H,20,21). The average Bonchev–Trinajstić information content (AvgIpc) is 2.46. The molecule has 116 valence electrons. The van der Waals surface area contributed by atoms with Crippen molar-refractivity contribution in [3.05, 3.63) is 53.6 Å². The van der Waals surface area contributed by atoms with E-state index in [0.717, 1.165) is 23.1 Å². The number of hydrogen-bond acceptors (Lipinski definition) is 2. The molecule has 0 spiro atoms. The maximum atomic E-state index is 11.0. The number of carboxylic acid groups (broad SMARTS) is 1. The van der Waals surface area contributed by atoms with Crippen molar-refractivity contribution in [2.24, 2.45) is 0 Å². The highest BCUT2D eigenvalue weighted by atomic mass is 16.7. The van der Waals surface area contributed by atoms with Crippen molar-refractivity contribution in [2.45, 2.75) is 39.5 Å². The molecular formula is C19H22O3. The third kappa shape index (κ3) is 3.48. The van der Waals surface area contributed by atoms with Gasteiger partial charge in [-0.25, -0.2) is 4.79 Å². The lowest BCUT2D eigenvalue weighted by molar-refractivity contribution is 0.144. The molecule has 0 aromatic heterocycles. The molecule has 3 heteroatoms. The van der Waals surface area contributed by atoms with Gasteiger partial charge in [0.15, 0.2) is 0 Å². The summed E-state index contributed by atoms with van der Waals surface area (Å²) in [5.41, 5.74) is 4.11. The van der Waals surface area contributed by atoms with E-state index in [1.165, 1.54) is 5.56 Å². The summed E-state index contributed by atoms with van der Waals surface area (Å²) in [5.74, 6) is 0.376.